The maximum absolute atomic E-state index is 11.4. The number of hydrogen-bond donors (Lipinski definition) is 0. The molecule has 0 rings (SSSR count). The van der Waals surface area contributed by atoms with Gasteiger partial charge in [-0.2, -0.15) is 26.3 Å². The van der Waals surface area contributed by atoms with E-state index in [2.05, 4.69) is 9.31 Å². The lowest BCUT2D eigenvalue weighted by Crippen LogP contribution is -2.32. The van der Waals surface area contributed by atoms with Crippen molar-refractivity contribution in [3.63, 3.8) is 0 Å². The summed E-state index contributed by atoms with van der Waals surface area (Å²) in [5, 5.41) is 0. The van der Waals surface area contributed by atoms with Gasteiger partial charge in [0.2, 0.25) is 0 Å². The maximum atomic E-state index is 11.4. The molecule has 15 heavy (non-hydrogen) atoms. The van der Waals surface area contributed by atoms with E-state index in [1.807, 2.05) is 0 Å². The van der Waals surface area contributed by atoms with Gasteiger partial charge in [0.25, 0.3) is 0 Å². The van der Waals surface area contributed by atoms with Crippen molar-refractivity contribution in [2.75, 3.05) is 0 Å². The predicted molar refractivity (Wildman–Crippen MR) is 30.0 cm³/mol. The van der Waals surface area contributed by atoms with Crippen LogP contribution in [-0.4, -0.2) is 32.0 Å². The molecule has 0 bridgehead atoms. The van der Waals surface area contributed by atoms with Crippen molar-refractivity contribution in [3.05, 3.63) is 0 Å². The zero-order valence-electron chi connectivity index (χ0n) is 6.48. The Balaban J connectivity index is 3.92. The first kappa shape index (κ1) is 13.6. The van der Waals surface area contributed by atoms with Crippen LogP contribution in [-0.2, 0) is 18.9 Å². The lowest BCUT2D eigenvalue weighted by atomic mass is 10.4. The largest absolute Gasteiger partial charge is 0.695 e. The number of carbonyl (C=O) groups is 2. The first-order valence-corrected chi connectivity index (χ1v) is 2.92. The molecule has 0 aromatic heterocycles. The molecule has 0 aliphatic rings. The minimum atomic E-state index is -5.39. The third-order valence-electron chi connectivity index (χ3n) is 0.773. The van der Waals surface area contributed by atoms with E-state index in [-0.39, 0.29) is 0 Å². The summed E-state index contributed by atoms with van der Waals surface area (Å²) < 4.78 is 74.2. The molecule has 4 nitrogen and oxygen atoms in total. The van der Waals surface area contributed by atoms with Crippen molar-refractivity contribution in [3.8, 4) is 0 Å². The molecular weight excluding hydrogens is 237 g/mol. The Labute approximate surface area is 78.4 Å². The summed E-state index contributed by atoms with van der Waals surface area (Å²) in [5.74, 6) is -5.62. The fourth-order valence-electron chi connectivity index (χ4n) is 0.245. The highest BCUT2D eigenvalue weighted by Gasteiger charge is 2.40. The molecule has 2 radical (unpaired) electrons. The van der Waals surface area contributed by atoms with Crippen LogP contribution < -0.4 is 0 Å². The zero-order valence-corrected chi connectivity index (χ0v) is 6.48. The van der Waals surface area contributed by atoms with E-state index >= 15 is 0 Å². The van der Waals surface area contributed by atoms with Gasteiger partial charge in [0, 0.05) is 0 Å². The summed E-state index contributed by atoms with van der Waals surface area (Å²) in [6, 6.07) is 0. The van der Waals surface area contributed by atoms with Gasteiger partial charge in [-0.3, -0.25) is 0 Å². The summed E-state index contributed by atoms with van der Waals surface area (Å²) >= 11 is 0. The molecule has 0 aromatic carbocycles. The highest BCUT2D eigenvalue weighted by atomic mass is 19.4. The second-order valence-electron chi connectivity index (χ2n) is 1.90. The Morgan fingerprint density at radius 2 is 1.07 bits per heavy atom. The Hall–Kier alpha value is -1.42. The Morgan fingerprint density at radius 3 is 1.27 bits per heavy atom. The molecule has 0 saturated heterocycles. The monoisotopic (exact) mass is 237 g/mol. The molecule has 0 aliphatic carbocycles. The van der Waals surface area contributed by atoms with Crippen LogP contribution >= 0.6 is 0 Å². The molecule has 86 valence electrons. The first-order chi connectivity index (χ1) is 6.55. The average molecular weight is 237 g/mol. The van der Waals surface area contributed by atoms with Gasteiger partial charge in [0.1, 0.15) is 7.69 Å². The molecule has 0 unspecified atom stereocenters. The summed E-state index contributed by atoms with van der Waals surface area (Å²) in [6.07, 6.45) is -10.8. The summed E-state index contributed by atoms with van der Waals surface area (Å²) in [6.45, 7) is 0. The summed E-state index contributed by atoms with van der Waals surface area (Å²) in [4.78, 5) is 19.7. The van der Waals surface area contributed by atoms with E-state index in [1.54, 1.807) is 0 Å². The van der Waals surface area contributed by atoms with Crippen molar-refractivity contribution in [1.29, 1.82) is 0 Å². The Kier molecular flexibility index (Phi) is 3.99. The molecule has 0 saturated carbocycles. The number of rotatable bonds is 2. The minimum absolute atomic E-state index is 0.647. The van der Waals surface area contributed by atoms with Crippen LogP contribution in [0.4, 0.5) is 26.3 Å². The van der Waals surface area contributed by atoms with Gasteiger partial charge in [-0.05, 0) is 0 Å². The second kappa shape index (κ2) is 4.40. The van der Waals surface area contributed by atoms with Crippen LogP contribution in [0.5, 0.6) is 0 Å². The molecule has 0 aromatic rings. The van der Waals surface area contributed by atoms with E-state index in [0.29, 0.717) is 0 Å². The quantitative estimate of drug-likeness (QED) is 0.524. The lowest BCUT2D eigenvalue weighted by Gasteiger charge is -2.21. The van der Waals surface area contributed by atoms with Crippen LogP contribution in [0.1, 0.15) is 0 Å². The molecule has 0 aliphatic heterocycles. The summed E-state index contributed by atoms with van der Waals surface area (Å²) in [5.41, 5.74) is 0. The highest BCUT2D eigenvalue weighted by Crippen LogP contribution is 2.17. The van der Waals surface area contributed by atoms with Gasteiger partial charge in [-0.15, -0.1) is 0 Å². The molecule has 0 atom stereocenters. The summed E-state index contributed by atoms with van der Waals surface area (Å²) in [7, 11) is -0.647. The average Bonchev–Trinajstić information content (AvgIpc) is 2.00. The van der Waals surface area contributed by atoms with Crippen LogP contribution in [0.15, 0.2) is 0 Å². The number of alkyl halides is 6. The third-order valence-corrected chi connectivity index (χ3v) is 0.773. The lowest BCUT2D eigenvalue weighted by molar-refractivity contribution is -0.196. The standard InChI is InChI=1S/C4BF6O4/c6-3(7,8)1(12)14-5-15-2(13)4(9,10)11/q-1. The van der Waals surface area contributed by atoms with Crippen molar-refractivity contribution in [2.24, 2.45) is 0 Å². The Bertz CT molecular complexity index is 231. The van der Waals surface area contributed by atoms with Gasteiger partial charge < -0.3 is 9.31 Å². The molecule has 0 N–H and O–H groups in total. The number of hydrogen-bond acceptors (Lipinski definition) is 4. The SMILES string of the molecule is O=C(O[B-]OC(=O)C(F)(F)F)C(F)(F)F. The Morgan fingerprint density at radius 1 is 0.800 bits per heavy atom. The van der Waals surface area contributed by atoms with Crippen molar-refractivity contribution in [1.82, 2.24) is 0 Å². The predicted octanol–water partition coefficient (Wildman–Crippen LogP) is 0.732. The third kappa shape index (κ3) is 5.13. The molecule has 0 fully saturated rings. The molecule has 11 heteroatoms. The van der Waals surface area contributed by atoms with Crippen molar-refractivity contribution < 1.29 is 45.2 Å². The van der Waals surface area contributed by atoms with Gasteiger partial charge in [-0.1, -0.05) is 0 Å². The van der Waals surface area contributed by atoms with Gasteiger partial charge >= 0.3 is 24.3 Å². The molecule has 0 heterocycles. The molecule has 0 amide bonds. The van der Waals surface area contributed by atoms with Crippen LogP contribution in [0.2, 0.25) is 0 Å². The minimum Gasteiger partial charge on any atom is -0.695 e. The van der Waals surface area contributed by atoms with E-state index < -0.39 is 32.0 Å². The first-order valence-electron chi connectivity index (χ1n) is 2.92. The van der Waals surface area contributed by atoms with Crippen LogP contribution in [0.25, 0.3) is 0 Å². The smallest absolute Gasteiger partial charge is 0.486 e. The van der Waals surface area contributed by atoms with Gasteiger partial charge in [-0.25, -0.2) is 9.59 Å². The fraction of sp³-hybridized carbons (Fsp3) is 0.500. The molecule has 0 spiro atoms. The van der Waals surface area contributed by atoms with Gasteiger partial charge in [0.15, 0.2) is 0 Å². The fourth-order valence-corrected chi connectivity index (χ4v) is 0.245. The van der Waals surface area contributed by atoms with Gasteiger partial charge in [0.05, 0.1) is 0 Å². The van der Waals surface area contributed by atoms with E-state index in [4.69, 9.17) is 0 Å². The number of halogens is 6. The maximum Gasteiger partial charge on any atom is 0.486 e. The van der Waals surface area contributed by atoms with E-state index in [1.165, 1.54) is 0 Å². The van der Waals surface area contributed by atoms with Crippen molar-refractivity contribution in [2.45, 2.75) is 12.4 Å². The topological polar surface area (TPSA) is 52.6 Å². The van der Waals surface area contributed by atoms with E-state index in [0.717, 1.165) is 0 Å². The van der Waals surface area contributed by atoms with E-state index in [9.17, 15) is 35.9 Å². The zero-order chi connectivity index (χ0) is 12.3. The van der Waals surface area contributed by atoms with Crippen molar-refractivity contribution >= 4 is 19.6 Å². The number of carbonyl (C=O) groups excluding carboxylic acids is 2. The molecular formula is C4BF6O4-. The highest BCUT2D eigenvalue weighted by molar-refractivity contribution is 6.26. The normalized spacial score (nSPS) is 12.1. The second-order valence-corrected chi connectivity index (χ2v) is 1.90. The van der Waals surface area contributed by atoms with Crippen LogP contribution in [0.3, 0.4) is 0 Å². The van der Waals surface area contributed by atoms with Crippen LogP contribution in [0, 0.1) is 0 Å².